The zero-order chi connectivity index (χ0) is 10.6. The molecule has 1 heterocycles. The Morgan fingerprint density at radius 1 is 1.64 bits per heavy atom. The Kier molecular flexibility index (Phi) is 3.27. The normalized spacial score (nSPS) is 10.2. The standard InChI is InChI=1S/C7H8F2N4O/c8-6(9)7(14)12-3-5-11-2-1-4(10)13-5/h1-2,6H,3H2,(H,12,14)(H2,10,11,13). The first-order chi connectivity index (χ1) is 6.59. The molecule has 3 N–H and O–H groups in total. The number of halogens is 2. The first-order valence-electron chi connectivity index (χ1n) is 3.73. The number of carbonyl (C=O) groups excluding carboxylic acids is 1. The molecule has 0 unspecified atom stereocenters. The van der Waals surface area contributed by atoms with E-state index < -0.39 is 12.3 Å². The second-order valence-corrected chi connectivity index (χ2v) is 2.42. The van der Waals surface area contributed by atoms with E-state index in [2.05, 4.69) is 9.97 Å². The number of nitrogen functional groups attached to an aromatic ring is 1. The molecule has 0 aliphatic heterocycles. The SMILES string of the molecule is Nc1ccnc(CNC(=O)C(F)F)n1. The van der Waals surface area contributed by atoms with Gasteiger partial charge in [-0.3, -0.25) is 4.79 Å². The molecular formula is C7H8F2N4O. The van der Waals surface area contributed by atoms with Gasteiger partial charge in [-0.05, 0) is 6.07 Å². The molecule has 0 atom stereocenters. The van der Waals surface area contributed by atoms with E-state index in [1.54, 1.807) is 0 Å². The van der Waals surface area contributed by atoms with Gasteiger partial charge in [0.05, 0.1) is 6.54 Å². The summed E-state index contributed by atoms with van der Waals surface area (Å²) in [6.45, 7) is -0.159. The van der Waals surface area contributed by atoms with Crippen LogP contribution in [-0.2, 0) is 11.3 Å². The molecule has 1 aromatic heterocycles. The predicted molar refractivity (Wildman–Crippen MR) is 44.3 cm³/mol. The molecule has 0 radical (unpaired) electrons. The van der Waals surface area contributed by atoms with Crippen LogP contribution in [-0.4, -0.2) is 22.3 Å². The van der Waals surface area contributed by atoms with Crippen molar-refractivity contribution in [1.82, 2.24) is 15.3 Å². The number of nitrogens with one attached hydrogen (secondary N) is 1. The lowest BCUT2D eigenvalue weighted by Gasteiger charge is -2.02. The third-order valence-electron chi connectivity index (χ3n) is 1.35. The van der Waals surface area contributed by atoms with Gasteiger partial charge in [-0.2, -0.15) is 8.78 Å². The summed E-state index contributed by atoms with van der Waals surface area (Å²) in [5, 5.41) is 1.96. The molecule has 0 bridgehead atoms. The summed E-state index contributed by atoms with van der Waals surface area (Å²) in [5.41, 5.74) is 5.31. The minimum atomic E-state index is -3.03. The number of hydrogen-bond donors (Lipinski definition) is 2. The molecule has 7 heteroatoms. The fourth-order valence-corrected chi connectivity index (χ4v) is 0.743. The fourth-order valence-electron chi connectivity index (χ4n) is 0.743. The largest absolute Gasteiger partial charge is 0.384 e. The van der Waals surface area contributed by atoms with Gasteiger partial charge in [0.1, 0.15) is 11.6 Å². The maximum absolute atomic E-state index is 11.7. The lowest BCUT2D eigenvalue weighted by atomic mass is 10.5. The van der Waals surface area contributed by atoms with Crippen LogP contribution in [0.5, 0.6) is 0 Å². The van der Waals surface area contributed by atoms with E-state index >= 15 is 0 Å². The number of hydrogen-bond acceptors (Lipinski definition) is 4. The number of nitrogens with zero attached hydrogens (tertiary/aromatic N) is 2. The second kappa shape index (κ2) is 4.45. The van der Waals surface area contributed by atoms with Crippen molar-refractivity contribution in [1.29, 1.82) is 0 Å². The van der Waals surface area contributed by atoms with Gasteiger partial charge in [0.25, 0.3) is 5.91 Å². The Balaban J connectivity index is 2.50. The van der Waals surface area contributed by atoms with Gasteiger partial charge in [0.2, 0.25) is 0 Å². The summed E-state index contributed by atoms with van der Waals surface area (Å²) in [5.74, 6) is -0.934. The van der Waals surface area contributed by atoms with Crippen molar-refractivity contribution in [3.63, 3.8) is 0 Å². The zero-order valence-corrected chi connectivity index (χ0v) is 7.08. The number of amides is 1. The van der Waals surface area contributed by atoms with Crippen LogP contribution in [0.2, 0.25) is 0 Å². The number of alkyl halides is 2. The summed E-state index contributed by atoms with van der Waals surface area (Å²) in [4.78, 5) is 17.9. The van der Waals surface area contributed by atoms with Gasteiger partial charge in [-0.1, -0.05) is 0 Å². The van der Waals surface area contributed by atoms with E-state index in [0.717, 1.165) is 0 Å². The lowest BCUT2D eigenvalue weighted by Crippen LogP contribution is -2.29. The van der Waals surface area contributed by atoms with Gasteiger partial charge in [0, 0.05) is 6.20 Å². The number of aromatic nitrogens is 2. The highest BCUT2D eigenvalue weighted by Crippen LogP contribution is 1.96. The molecule has 1 amide bonds. The average molecular weight is 202 g/mol. The first-order valence-corrected chi connectivity index (χ1v) is 3.73. The molecule has 0 aliphatic rings. The van der Waals surface area contributed by atoms with E-state index in [0.29, 0.717) is 0 Å². The molecule has 0 aliphatic carbocycles. The minimum absolute atomic E-state index is 0.159. The van der Waals surface area contributed by atoms with E-state index in [9.17, 15) is 13.6 Å². The number of rotatable bonds is 3. The highest BCUT2D eigenvalue weighted by Gasteiger charge is 2.14. The quantitative estimate of drug-likeness (QED) is 0.719. The Morgan fingerprint density at radius 2 is 2.36 bits per heavy atom. The summed E-state index contributed by atoms with van der Waals surface area (Å²) >= 11 is 0. The first kappa shape index (κ1) is 10.3. The Labute approximate surface area is 78.3 Å². The van der Waals surface area contributed by atoms with Gasteiger partial charge in [0.15, 0.2) is 0 Å². The van der Waals surface area contributed by atoms with Crippen LogP contribution >= 0.6 is 0 Å². The molecule has 0 saturated heterocycles. The van der Waals surface area contributed by atoms with E-state index in [-0.39, 0.29) is 18.2 Å². The van der Waals surface area contributed by atoms with Crippen LogP contribution in [0, 0.1) is 0 Å². The molecule has 0 saturated carbocycles. The third-order valence-corrected chi connectivity index (χ3v) is 1.35. The number of anilines is 1. The van der Waals surface area contributed by atoms with Crippen molar-refractivity contribution in [3.05, 3.63) is 18.1 Å². The summed E-state index contributed by atoms with van der Waals surface area (Å²) in [6.07, 6.45) is -1.65. The van der Waals surface area contributed by atoms with E-state index in [1.807, 2.05) is 5.32 Å². The number of carbonyl (C=O) groups is 1. The highest BCUT2D eigenvalue weighted by molar-refractivity contribution is 5.78. The highest BCUT2D eigenvalue weighted by atomic mass is 19.3. The van der Waals surface area contributed by atoms with Crippen LogP contribution < -0.4 is 11.1 Å². The molecule has 0 aromatic carbocycles. The Hall–Kier alpha value is -1.79. The lowest BCUT2D eigenvalue weighted by molar-refractivity contribution is -0.131. The molecular weight excluding hydrogens is 194 g/mol. The van der Waals surface area contributed by atoms with Crippen molar-refractivity contribution in [2.75, 3.05) is 5.73 Å². The summed E-state index contributed by atoms with van der Waals surface area (Å²) in [6, 6.07) is 1.46. The van der Waals surface area contributed by atoms with E-state index in [4.69, 9.17) is 5.73 Å². The summed E-state index contributed by atoms with van der Waals surface area (Å²) in [7, 11) is 0. The molecule has 1 rings (SSSR count). The molecule has 14 heavy (non-hydrogen) atoms. The topological polar surface area (TPSA) is 80.9 Å². The molecule has 0 fully saturated rings. The zero-order valence-electron chi connectivity index (χ0n) is 7.08. The third kappa shape index (κ3) is 2.92. The van der Waals surface area contributed by atoms with E-state index in [1.165, 1.54) is 12.3 Å². The van der Waals surface area contributed by atoms with Crippen LogP contribution in [0.4, 0.5) is 14.6 Å². The van der Waals surface area contributed by atoms with Crippen molar-refractivity contribution in [3.8, 4) is 0 Å². The van der Waals surface area contributed by atoms with Gasteiger partial charge in [-0.15, -0.1) is 0 Å². The van der Waals surface area contributed by atoms with Gasteiger partial charge in [-0.25, -0.2) is 9.97 Å². The van der Waals surface area contributed by atoms with Crippen LogP contribution in [0.3, 0.4) is 0 Å². The monoisotopic (exact) mass is 202 g/mol. The van der Waals surface area contributed by atoms with Crippen LogP contribution in [0.25, 0.3) is 0 Å². The van der Waals surface area contributed by atoms with Crippen LogP contribution in [0.1, 0.15) is 5.82 Å². The fraction of sp³-hybridized carbons (Fsp3) is 0.286. The molecule has 0 spiro atoms. The number of nitrogens with two attached hydrogens (primary N) is 1. The smallest absolute Gasteiger partial charge is 0.315 e. The van der Waals surface area contributed by atoms with Crippen LogP contribution in [0.15, 0.2) is 12.3 Å². The summed E-state index contributed by atoms with van der Waals surface area (Å²) < 4.78 is 23.5. The average Bonchev–Trinajstić information content (AvgIpc) is 2.14. The second-order valence-electron chi connectivity index (χ2n) is 2.42. The van der Waals surface area contributed by atoms with Crippen molar-refractivity contribution < 1.29 is 13.6 Å². The van der Waals surface area contributed by atoms with Crippen molar-refractivity contribution >= 4 is 11.7 Å². The maximum Gasteiger partial charge on any atom is 0.315 e. The molecule has 5 nitrogen and oxygen atoms in total. The Morgan fingerprint density at radius 3 is 2.93 bits per heavy atom. The Bertz CT molecular complexity index is 331. The van der Waals surface area contributed by atoms with Gasteiger partial charge < -0.3 is 11.1 Å². The van der Waals surface area contributed by atoms with Crippen molar-refractivity contribution in [2.45, 2.75) is 13.0 Å². The van der Waals surface area contributed by atoms with Gasteiger partial charge >= 0.3 is 6.43 Å². The van der Waals surface area contributed by atoms with Crippen molar-refractivity contribution in [2.24, 2.45) is 0 Å². The minimum Gasteiger partial charge on any atom is -0.384 e. The molecule has 1 aromatic rings. The molecule has 76 valence electrons. The maximum atomic E-state index is 11.7. The predicted octanol–water partition coefficient (Wildman–Crippen LogP) is -0.0599.